The van der Waals surface area contributed by atoms with Gasteiger partial charge in [0.05, 0.1) is 5.02 Å². The Bertz CT molecular complexity index is 552. The van der Waals surface area contributed by atoms with E-state index in [9.17, 15) is 4.79 Å². The lowest BCUT2D eigenvalue weighted by molar-refractivity contribution is 0.102. The molecule has 1 amide bonds. The molecule has 0 atom stereocenters. The number of halogens is 1. The first-order chi connectivity index (χ1) is 8.70. The highest BCUT2D eigenvalue weighted by Gasteiger charge is 2.08. The summed E-state index contributed by atoms with van der Waals surface area (Å²) in [7, 11) is 0. The molecule has 2 rings (SSSR count). The second-order valence-corrected chi connectivity index (χ2v) is 4.25. The number of hydrogen-bond donors (Lipinski definition) is 1. The largest absolute Gasteiger partial charge is 0.305 e. The van der Waals surface area contributed by atoms with Gasteiger partial charge in [-0.05, 0) is 36.2 Å². The van der Waals surface area contributed by atoms with Gasteiger partial charge < -0.3 is 5.32 Å². The number of benzene rings is 1. The number of carbonyl (C=O) groups excluding carboxylic acids is 1. The fourth-order valence-electron chi connectivity index (χ4n) is 1.55. The van der Waals surface area contributed by atoms with Crippen LogP contribution in [-0.4, -0.2) is 10.9 Å². The second-order valence-electron chi connectivity index (χ2n) is 3.84. The molecule has 0 aliphatic rings. The zero-order valence-electron chi connectivity index (χ0n) is 9.98. The number of nitrogens with one attached hydrogen (secondary N) is 1. The van der Waals surface area contributed by atoms with Gasteiger partial charge in [-0.25, -0.2) is 4.98 Å². The molecule has 1 aromatic heterocycles. The Morgan fingerprint density at radius 2 is 2.00 bits per heavy atom. The molecule has 0 spiro atoms. The number of rotatable bonds is 3. The van der Waals surface area contributed by atoms with Gasteiger partial charge in [-0.1, -0.05) is 30.7 Å². The van der Waals surface area contributed by atoms with E-state index in [1.54, 1.807) is 30.5 Å². The van der Waals surface area contributed by atoms with Gasteiger partial charge in [-0.15, -0.1) is 0 Å². The summed E-state index contributed by atoms with van der Waals surface area (Å²) in [6.07, 6.45) is 2.54. The molecule has 0 aliphatic carbocycles. The highest BCUT2D eigenvalue weighted by atomic mass is 35.5. The van der Waals surface area contributed by atoms with Crippen molar-refractivity contribution in [3.05, 3.63) is 58.7 Å². The standard InChI is InChI=1S/C14H13ClN2O/c1-2-10-5-7-11(8-6-10)14(18)17-13-12(15)4-3-9-16-13/h3-9H,2H2,1H3,(H,16,17,18). The molecule has 3 nitrogen and oxygen atoms in total. The fourth-order valence-corrected chi connectivity index (χ4v) is 1.72. The minimum absolute atomic E-state index is 0.210. The summed E-state index contributed by atoms with van der Waals surface area (Å²) in [4.78, 5) is 16.0. The van der Waals surface area contributed by atoms with Crippen LogP contribution in [-0.2, 0) is 6.42 Å². The SMILES string of the molecule is CCc1ccc(C(=O)Nc2ncccc2Cl)cc1. The zero-order valence-corrected chi connectivity index (χ0v) is 10.7. The van der Waals surface area contributed by atoms with Crippen molar-refractivity contribution in [2.24, 2.45) is 0 Å². The maximum absolute atomic E-state index is 12.0. The van der Waals surface area contributed by atoms with Crippen LogP contribution in [0, 0.1) is 0 Å². The number of carbonyl (C=O) groups is 1. The molecule has 0 radical (unpaired) electrons. The van der Waals surface area contributed by atoms with Crippen LogP contribution in [0.5, 0.6) is 0 Å². The van der Waals surface area contributed by atoms with Crippen molar-refractivity contribution in [2.75, 3.05) is 5.32 Å². The van der Waals surface area contributed by atoms with Crippen LogP contribution in [0.15, 0.2) is 42.6 Å². The van der Waals surface area contributed by atoms with Gasteiger partial charge in [0.15, 0.2) is 5.82 Å². The van der Waals surface area contributed by atoms with Gasteiger partial charge in [-0.3, -0.25) is 4.79 Å². The van der Waals surface area contributed by atoms with Crippen LogP contribution in [0.3, 0.4) is 0 Å². The third kappa shape index (κ3) is 2.87. The molecule has 4 heteroatoms. The Morgan fingerprint density at radius 3 is 2.61 bits per heavy atom. The van der Waals surface area contributed by atoms with E-state index in [0.717, 1.165) is 6.42 Å². The molecule has 0 aliphatic heterocycles. The van der Waals surface area contributed by atoms with Crippen LogP contribution >= 0.6 is 11.6 Å². The van der Waals surface area contributed by atoms with Gasteiger partial charge in [0.1, 0.15) is 0 Å². The van der Waals surface area contributed by atoms with Crippen molar-refractivity contribution >= 4 is 23.3 Å². The van der Waals surface area contributed by atoms with E-state index >= 15 is 0 Å². The second kappa shape index (κ2) is 5.65. The summed E-state index contributed by atoms with van der Waals surface area (Å²) in [5, 5.41) is 3.11. The Kier molecular flexibility index (Phi) is 3.95. The molecule has 0 fully saturated rings. The van der Waals surface area contributed by atoms with Crippen LogP contribution in [0.25, 0.3) is 0 Å². The Labute approximate surface area is 111 Å². The molecule has 18 heavy (non-hydrogen) atoms. The smallest absolute Gasteiger partial charge is 0.256 e. The fraction of sp³-hybridized carbons (Fsp3) is 0.143. The predicted octanol–water partition coefficient (Wildman–Crippen LogP) is 3.55. The third-order valence-corrected chi connectivity index (χ3v) is 2.92. The maximum atomic E-state index is 12.0. The molecule has 1 aromatic carbocycles. The van der Waals surface area contributed by atoms with E-state index in [2.05, 4.69) is 17.2 Å². The average molecular weight is 261 g/mol. The maximum Gasteiger partial charge on any atom is 0.256 e. The van der Waals surface area contributed by atoms with Crippen LogP contribution < -0.4 is 5.32 Å². The average Bonchev–Trinajstić information content (AvgIpc) is 2.41. The number of aromatic nitrogens is 1. The summed E-state index contributed by atoms with van der Waals surface area (Å²) in [5.41, 5.74) is 1.79. The summed E-state index contributed by atoms with van der Waals surface area (Å²) in [6.45, 7) is 2.07. The molecule has 0 bridgehead atoms. The number of pyridine rings is 1. The Hall–Kier alpha value is -1.87. The monoisotopic (exact) mass is 260 g/mol. The highest BCUT2D eigenvalue weighted by Crippen LogP contribution is 2.18. The lowest BCUT2D eigenvalue weighted by Crippen LogP contribution is -2.13. The first-order valence-corrected chi connectivity index (χ1v) is 6.09. The van der Waals surface area contributed by atoms with E-state index in [-0.39, 0.29) is 5.91 Å². The first kappa shape index (κ1) is 12.6. The van der Waals surface area contributed by atoms with Gasteiger partial charge in [0, 0.05) is 11.8 Å². The number of amides is 1. The number of hydrogen-bond acceptors (Lipinski definition) is 2. The summed E-state index contributed by atoms with van der Waals surface area (Å²) < 4.78 is 0. The summed E-state index contributed by atoms with van der Waals surface area (Å²) in [5.74, 6) is 0.169. The quantitative estimate of drug-likeness (QED) is 0.917. The molecular formula is C14H13ClN2O. The molecule has 1 N–H and O–H groups in total. The van der Waals surface area contributed by atoms with Gasteiger partial charge in [0.25, 0.3) is 5.91 Å². The van der Waals surface area contributed by atoms with E-state index < -0.39 is 0 Å². The summed E-state index contributed by atoms with van der Waals surface area (Å²) in [6, 6.07) is 10.9. The molecule has 0 unspecified atom stereocenters. The normalized spacial score (nSPS) is 10.1. The Morgan fingerprint density at radius 1 is 1.28 bits per heavy atom. The molecule has 92 valence electrons. The van der Waals surface area contributed by atoms with E-state index in [1.807, 2.05) is 12.1 Å². The third-order valence-electron chi connectivity index (χ3n) is 2.61. The van der Waals surface area contributed by atoms with Crippen molar-refractivity contribution in [3.63, 3.8) is 0 Å². The molecular weight excluding hydrogens is 248 g/mol. The van der Waals surface area contributed by atoms with Crippen molar-refractivity contribution in [1.82, 2.24) is 4.98 Å². The molecule has 0 saturated carbocycles. The number of aryl methyl sites for hydroxylation is 1. The van der Waals surface area contributed by atoms with Crippen molar-refractivity contribution in [2.45, 2.75) is 13.3 Å². The molecule has 1 heterocycles. The van der Waals surface area contributed by atoms with Gasteiger partial charge in [0.2, 0.25) is 0 Å². The van der Waals surface area contributed by atoms with Crippen LogP contribution in [0.4, 0.5) is 5.82 Å². The van der Waals surface area contributed by atoms with E-state index in [4.69, 9.17) is 11.6 Å². The first-order valence-electron chi connectivity index (χ1n) is 5.71. The zero-order chi connectivity index (χ0) is 13.0. The topological polar surface area (TPSA) is 42.0 Å². The van der Waals surface area contributed by atoms with Crippen LogP contribution in [0.1, 0.15) is 22.8 Å². The van der Waals surface area contributed by atoms with Crippen molar-refractivity contribution in [3.8, 4) is 0 Å². The van der Waals surface area contributed by atoms with Crippen LogP contribution in [0.2, 0.25) is 5.02 Å². The molecule has 0 saturated heterocycles. The minimum Gasteiger partial charge on any atom is -0.305 e. The van der Waals surface area contributed by atoms with Crippen molar-refractivity contribution < 1.29 is 4.79 Å². The van der Waals surface area contributed by atoms with Gasteiger partial charge >= 0.3 is 0 Å². The number of anilines is 1. The summed E-state index contributed by atoms with van der Waals surface area (Å²) >= 11 is 5.93. The lowest BCUT2D eigenvalue weighted by Gasteiger charge is -2.06. The van der Waals surface area contributed by atoms with Crippen molar-refractivity contribution in [1.29, 1.82) is 0 Å². The van der Waals surface area contributed by atoms with E-state index in [1.165, 1.54) is 5.56 Å². The minimum atomic E-state index is -0.210. The van der Waals surface area contributed by atoms with Gasteiger partial charge in [-0.2, -0.15) is 0 Å². The number of nitrogens with zero attached hydrogens (tertiary/aromatic N) is 1. The predicted molar refractivity (Wildman–Crippen MR) is 73.0 cm³/mol. The van der Waals surface area contributed by atoms with E-state index in [0.29, 0.717) is 16.4 Å². The Balaban J connectivity index is 2.14. The highest BCUT2D eigenvalue weighted by molar-refractivity contribution is 6.33. The molecule has 2 aromatic rings. The lowest BCUT2D eigenvalue weighted by atomic mass is 10.1.